The Morgan fingerprint density at radius 2 is 1.83 bits per heavy atom. The first-order valence-corrected chi connectivity index (χ1v) is 10.8. The summed E-state index contributed by atoms with van der Waals surface area (Å²) in [6.45, 7) is 7.91. The van der Waals surface area contributed by atoms with E-state index in [2.05, 4.69) is 55.5 Å². The summed E-state index contributed by atoms with van der Waals surface area (Å²) in [6.07, 6.45) is 2.32. The molecule has 1 N–H and O–H groups in total. The van der Waals surface area contributed by atoms with E-state index in [0.717, 1.165) is 30.5 Å². The van der Waals surface area contributed by atoms with Crippen LogP contribution in [0.2, 0.25) is 5.02 Å². The standard InChI is InChI=1S/C24H28ClN3O2/c1-23(2,3)18-9-7-17(8-10-18)21-16-24(30-27-21)11-13-28(14-12-24)22(29)26-20-6-4-5-19(25)15-20/h4-10,15H,11-14,16H2,1-3H3,(H,26,29). The second kappa shape index (κ2) is 7.95. The normalized spacial score (nSPS) is 18.1. The van der Waals surface area contributed by atoms with Gasteiger partial charge in [-0.2, -0.15) is 0 Å². The molecule has 6 heteroatoms. The lowest BCUT2D eigenvalue weighted by atomic mass is 9.84. The van der Waals surface area contributed by atoms with Gasteiger partial charge < -0.3 is 15.1 Å². The number of rotatable bonds is 2. The van der Waals surface area contributed by atoms with Crippen molar-refractivity contribution in [2.24, 2.45) is 5.16 Å². The summed E-state index contributed by atoms with van der Waals surface area (Å²) < 4.78 is 0. The van der Waals surface area contributed by atoms with E-state index < -0.39 is 0 Å². The highest BCUT2D eigenvalue weighted by Gasteiger charge is 2.43. The Morgan fingerprint density at radius 3 is 2.47 bits per heavy atom. The Bertz CT molecular complexity index is 955. The molecule has 2 aliphatic heterocycles. The molecular weight excluding hydrogens is 398 g/mol. The number of nitrogens with zero attached hydrogens (tertiary/aromatic N) is 2. The van der Waals surface area contributed by atoms with Crippen molar-refractivity contribution in [2.75, 3.05) is 18.4 Å². The number of hydrogen-bond acceptors (Lipinski definition) is 3. The monoisotopic (exact) mass is 425 g/mol. The fraction of sp³-hybridized carbons (Fsp3) is 0.417. The minimum atomic E-state index is -0.301. The van der Waals surface area contributed by atoms with E-state index in [4.69, 9.17) is 16.4 Å². The smallest absolute Gasteiger partial charge is 0.321 e. The van der Waals surface area contributed by atoms with E-state index in [1.807, 2.05) is 17.0 Å². The molecule has 2 aromatic carbocycles. The number of oxime groups is 1. The van der Waals surface area contributed by atoms with Crippen molar-refractivity contribution in [1.82, 2.24) is 4.90 Å². The molecule has 1 fully saturated rings. The average molecular weight is 426 g/mol. The lowest BCUT2D eigenvalue weighted by Gasteiger charge is -2.37. The predicted octanol–water partition coefficient (Wildman–Crippen LogP) is 5.83. The van der Waals surface area contributed by atoms with Crippen LogP contribution in [0.25, 0.3) is 0 Å². The van der Waals surface area contributed by atoms with E-state index in [1.54, 1.807) is 12.1 Å². The summed E-state index contributed by atoms with van der Waals surface area (Å²) >= 11 is 6.00. The van der Waals surface area contributed by atoms with Gasteiger partial charge in [0.1, 0.15) is 5.60 Å². The highest BCUT2D eigenvalue weighted by Crippen LogP contribution is 2.36. The van der Waals surface area contributed by atoms with Crippen molar-refractivity contribution in [3.63, 3.8) is 0 Å². The van der Waals surface area contributed by atoms with Gasteiger partial charge in [-0.15, -0.1) is 0 Å². The Balaban J connectivity index is 1.34. The number of urea groups is 1. The second-order valence-corrected chi connectivity index (χ2v) is 9.68. The van der Waals surface area contributed by atoms with Gasteiger partial charge in [0.2, 0.25) is 0 Å². The van der Waals surface area contributed by atoms with Crippen LogP contribution >= 0.6 is 11.6 Å². The molecule has 1 spiro atoms. The quantitative estimate of drug-likeness (QED) is 0.658. The van der Waals surface area contributed by atoms with Crippen LogP contribution in [0.1, 0.15) is 51.2 Å². The molecule has 0 bridgehead atoms. The van der Waals surface area contributed by atoms with Crippen LogP contribution in [-0.4, -0.2) is 35.3 Å². The fourth-order valence-electron chi connectivity index (χ4n) is 3.99. The Morgan fingerprint density at radius 1 is 1.13 bits per heavy atom. The first kappa shape index (κ1) is 20.7. The molecule has 5 nitrogen and oxygen atoms in total. The minimum absolute atomic E-state index is 0.107. The third-order valence-electron chi connectivity index (χ3n) is 5.96. The molecule has 0 aromatic heterocycles. The second-order valence-electron chi connectivity index (χ2n) is 9.24. The molecule has 0 unspecified atom stereocenters. The van der Waals surface area contributed by atoms with Crippen LogP contribution in [0.3, 0.4) is 0 Å². The van der Waals surface area contributed by atoms with Crippen LogP contribution in [0.4, 0.5) is 10.5 Å². The Labute approximate surface area is 183 Å². The van der Waals surface area contributed by atoms with Gasteiger partial charge in [-0.1, -0.05) is 67.9 Å². The number of benzene rings is 2. The average Bonchev–Trinajstić information content (AvgIpc) is 3.11. The zero-order chi connectivity index (χ0) is 21.4. The number of carbonyl (C=O) groups excluding carboxylic acids is 1. The van der Waals surface area contributed by atoms with Crippen LogP contribution in [0.5, 0.6) is 0 Å². The SMILES string of the molecule is CC(C)(C)c1ccc(C2=NOC3(CCN(C(=O)Nc4cccc(Cl)c4)CC3)C2)cc1. The molecule has 2 aromatic rings. The first-order chi connectivity index (χ1) is 14.2. The summed E-state index contributed by atoms with van der Waals surface area (Å²) in [6, 6.07) is 15.7. The lowest BCUT2D eigenvalue weighted by molar-refractivity contribution is -0.0544. The van der Waals surface area contributed by atoms with E-state index in [-0.39, 0.29) is 17.0 Å². The highest BCUT2D eigenvalue weighted by molar-refractivity contribution is 6.30. The molecule has 0 aliphatic carbocycles. The molecule has 30 heavy (non-hydrogen) atoms. The van der Waals surface area contributed by atoms with Gasteiger partial charge in [0.05, 0.1) is 5.71 Å². The zero-order valence-corrected chi connectivity index (χ0v) is 18.5. The maximum Gasteiger partial charge on any atom is 0.321 e. The Kier molecular flexibility index (Phi) is 5.49. The molecule has 0 radical (unpaired) electrons. The summed E-state index contributed by atoms with van der Waals surface area (Å²) in [5.41, 5.74) is 3.94. The van der Waals surface area contributed by atoms with E-state index in [0.29, 0.717) is 23.8 Å². The van der Waals surface area contributed by atoms with Crippen LogP contribution < -0.4 is 5.32 Å². The predicted molar refractivity (Wildman–Crippen MR) is 121 cm³/mol. The van der Waals surface area contributed by atoms with Crippen LogP contribution in [0, 0.1) is 0 Å². The summed E-state index contributed by atoms with van der Waals surface area (Å²) in [5.74, 6) is 0. The zero-order valence-electron chi connectivity index (χ0n) is 17.7. The van der Waals surface area contributed by atoms with Gasteiger partial charge in [-0.25, -0.2) is 4.79 Å². The number of halogens is 1. The third kappa shape index (κ3) is 4.46. The summed E-state index contributed by atoms with van der Waals surface area (Å²) in [7, 11) is 0. The highest BCUT2D eigenvalue weighted by atomic mass is 35.5. The number of amides is 2. The molecule has 2 amide bonds. The van der Waals surface area contributed by atoms with E-state index in [1.165, 1.54) is 5.56 Å². The third-order valence-corrected chi connectivity index (χ3v) is 6.20. The molecule has 0 saturated carbocycles. The van der Waals surface area contributed by atoms with Crippen molar-refractivity contribution in [3.8, 4) is 0 Å². The molecule has 2 aliphatic rings. The van der Waals surface area contributed by atoms with E-state index in [9.17, 15) is 4.79 Å². The largest absolute Gasteiger partial charge is 0.388 e. The van der Waals surface area contributed by atoms with Gasteiger partial charge >= 0.3 is 6.03 Å². The molecule has 158 valence electrons. The van der Waals surface area contributed by atoms with Gasteiger partial charge in [-0.05, 0) is 34.7 Å². The van der Waals surface area contributed by atoms with E-state index >= 15 is 0 Å². The number of piperidine rings is 1. The summed E-state index contributed by atoms with van der Waals surface area (Å²) in [5, 5.41) is 7.92. The Hall–Kier alpha value is -2.53. The number of hydrogen-bond donors (Lipinski definition) is 1. The van der Waals surface area contributed by atoms with Crippen LogP contribution in [0.15, 0.2) is 53.7 Å². The van der Waals surface area contributed by atoms with Crippen molar-refractivity contribution in [3.05, 3.63) is 64.7 Å². The van der Waals surface area contributed by atoms with Gasteiger partial charge in [-0.3, -0.25) is 0 Å². The van der Waals surface area contributed by atoms with Gasteiger partial charge in [0, 0.05) is 43.1 Å². The van der Waals surface area contributed by atoms with Gasteiger partial charge in [0.15, 0.2) is 0 Å². The molecular formula is C24H28ClN3O2. The number of carbonyl (C=O) groups is 1. The number of likely N-dealkylation sites (tertiary alicyclic amines) is 1. The number of nitrogens with one attached hydrogen (secondary N) is 1. The topological polar surface area (TPSA) is 53.9 Å². The first-order valence-electron chi connectivity index (χ1n) is 10.4. The lowest BCUT2D eigenvalue weighted by Crippen LogP contribution is -2.48. The number of anilines is 1. The maximum atomic E-state index is 12.6. The van der Waals surface area contributed by atoms with Crippen molar-refractivity contribution in [2.45, 2.75) is 51.0 Å². The van der Waals surface area contributed by atoms with Crippen molar-refractivity contribution >= 4 is 29.0 Å². The summed E-state index contributed by atoms with van der Waals surface area (Å²) in [4.78, 5) is 20.3. The molecule has 1 saturated heterocycles. The van der Waals surface area contributed by atoms with Crippen molar-refractivity contribution in [1.29, 1.82) is 0 Å². The molecule has 4 rings (SSSR count). The van der Waals surface area contributed by atoms with Crippen molar-refractivity contribution < 1.29 is 9.63 Å². The van der Waals surface area contributed by atoms with Crippen LogP contribution in [-0.2, 0) is 10.3 Å². The molecule has 0 atom stereocenters. The van der Waals surface area contributed by atoms with Gasteiger partial charge in [0.25, 0.3) is 0 Å². The molecule has 2 heterocycles. The fourth-order valence-corrected chi connectivity index (χ4v) is 4.18. The maximum absolute atomic E-state index is 12.6. The minimum Gasteiger partial charge on any atom is -0.388 e.